The Bertz CT molecular complexity index is 241. The molecule has 1 amide bonds. The van der Waals surface area contributed by atoms with Crippen LogP contribution in [0.1, 0.15) is 72.6 Å². The van der Waals surface area contributed by atoms with Crippen molar-refractivity contribution in [3.63, 3.8) is 0 Å². The van der Waals surface area contributed by atoms with Crippen molar-refractivity contribution in [3.05, 3.63) is 12.3 Å². The molecule has 0 aliphatic rings. The summed E-state index contributed by atoms with van der Waals surface area (Å²) in [7, 11) is 0. The van der Waals surface area contributed by atoms with E-state index >= 15 is 0 Å². The molecule has 0 unspecified atom stereocenters. The molecule has 0 aliphatic heterocycles. The second kappa shape index (κ2) is 9.98. The van der Waals surface area contributed by atoms with Gasteiger partial charge in [0.2, 0.25) is 0 Å². The van der Waals surface area contributed by atoms with Crippen molar-refractivity contribution >= 4 is 6.09 Å². The first kappa shape index (κ1) is 17.0. The topological polar surface area (TPSA) is 38.3 Å². The van der Waals surface area contributed by atoms with Crippen LogP contribution >= 0.6 is 0 Å². The number of ether oxygens (including phenoxy) is 1. The average Bonchev–Trinajstić information content (AvgIpc) is 2.24. The van der Waals surface area contributed by atoms with E-state index in [0.717, 1.165) is 6.42 Å². The lowest BCUT2D eigenvalue weighted by Gasteiger charge is -2.18. The van der Waals surface area contributed by atoms with Crippen LogP contribution in [-0.4, -0.2) is 11.7 Å². The minimum absolute atomic E-state index is 0.387. The van der Waals surface area contributed by atoms with E-state index in [1.165, 1.54) is 38.5 Å². The minimum atomic E-state index is -0.433. The van der Waals surface area contributed by atoms with Crippen molar-refractivity contribution in [1.82, 2.24) is 5.32 Å². The average molecular weight is 255 g/mol. The summed E-state index contributed by atoms with van der Waals surface area (Å²) in [6.07, 6.45) is 12.1. The number of alkyl carbamates (subject to hydrolysis) is 1. The summed E-state index contributed by atoms with van der Waals surface area (Å²) in [6, 6.07) is 0. The fourth-order valence-corrected chi connectivity index (χ4v) is 1.56. The molecule has 0 aliphatic carbocycles. The van der Waals surface area contributed by atoms with E-state index in [0.29, 0.717) is 0 Å². The fourth-order valence-electron chi connectivity index (χ4n) is 1.56. The number of amides is 1. The van der Waals surface area contributed by atoms with E-state index < -0.39 is 5.60 Å². The van der Waals surface area contributed by atoms with Gasteiger partial charge in [-0.25, -0.2) is 4.79 Å². The van der Waals surface area contributed by atoms with E-state index in [-0.39, 0.29) is 6.09 Å². The van der Waals surface area contributed by atoms with E-state index in [9.17, 15) is 4.79 Å². The molecule has 3 heteroatoms. The first-order chi connectivity index (χ1) is 8.45. The number of carbonyl (C=O) groups is 1. The Morgan fingerprint density at radius 2 is 1.72 bits per heavy atom. The van der Waals surface area contributed by atoms with Gasteiger partial charge in [0.15, 0.2) is 0 Å². The van der Waals surface area contributed by atoms with Crippen LogP contribution in [0, 0.1) is 0 Å². The van der Waals surface area contributed by atoms with E-state index in [4.69, 9.17) is 4.74 Å². The van der Waals surface area contributed by atoms with Crippen LogP contribution in [0.3, 0.4) is 0 Å². The number of hydrogen-bond acceptors (Lipinski definition) is 2. The van der Waals surface area contributed by atoms with Gasteiger partial charge in [-0.3, -0.25) is 5.32 Å². The molecule has 0 bridgehead atoms. The lowest BCUT2D eigenvalue weighted by atomic mass is 10.1. The molecule has 0 aromatic heterocycles. The van der Waals surface area contributed by atoms with Gasteiger partial charge >= 0.3 is 6.09 Å². The predicted molar refractivity (Wildman–Crippen MR) is 76.5 cm³/mol. The van der Waals surface area contributed by atoms with Gasteiger partial charge in [0.25, 0.3) is 0 Å². The molecule has 3 nitrogen and oxygen atoms in total. The van der Waals surface area contributed by atoms with E-state index in [2.05, 4.69) is 12.2 Å². The van der Waals surface area contributed by atoms with Gasteiger partial charge in [-0.15, -0.1) is 0 Å². The summed E-state index contributed by atoms with van der Waals surface area (Å²) in [5, 5.41) is 2.61. The van der Waals surface area contributed by atoms with Gasteiger partial charge in [0.1, 0.15) is 5.60 Å². The number of nitrogens with one attached hydrogen (secondary N) is 1. The van der Waals surface area contributed by atoms with Crippen LogP contribution in [0.2, 0.25) is 0 Å². The van der Waals surface area contributed by atoms with Crippen molar-refractivity contribution in [2.45, 2.75) is 78.2 Å². The Morgan fingerprint density at radius 1 is 1.11 bits per heavy atom. The molecule has 0 saturated heterocycles. The molecule has 1 N–H and O–H groups in total. The molecule has 0 spiro atoms. The summed E-state index contributed by atoms with van der Waals surface area (Å²) < 4.78 is 5.11. The monoisotopic (exact) mass is 255 g/mol. The number of rotatable bonds is 8. The summed E-state index contributed by atoms with van der Waals surface area (Å²) >= 11 is 0. The first-order valence-electron chi connectivity index (χ1n) is 7.10. The molecule has 0 saturated carbocycles. The number of unbranched alkanes of at least 4 members (excludes halogenated alkanes) is 6. The van der Waals surface area contributed by atoms with Crippen LogP contribution in [-0.2, 0) is 4.74 Å². The van der Waals surface area contributed by atoms with Crippen molar-refractivity contribution in [2.75, 3.05) is 0 Å². The second-order valence-corrected chi connectivity index (χ2v) is 5.61. The lowest BCUT2D eigenvalue weighted by molar-refractivity contribution is 0.0552. The van der Waals surface area contributed by atoms with E-state index in [1.807, 2.05) is 26.8 Å². The van der Waals surface area contributed by atoms with Gasteiger partial charge in [-0.05, 0) is 33.6 Å². The summed E-state index contributed by atoms with van der Waals surface area (Å²) in [5.41, 5.74) is -0.433. The molecule has 0 rings (SSSR count). The van der Waals surface area contributed by atoms with Crippen LogP contribution in [0.4, 0.5) is 4.79 Å². The first-order valence-corrected chi connectivity index (χ1v) is 7.10. The molecule has 0 heterocycles. The van der Waals surface area contributed by atoms with Gasteiger partial charge in [0, 0.05) is 6.20 Å². The second-order valence-electron chi connectivity index (χ2n) is 5.61. The zero-order valence-corrected chi connectivity index (χ0v) is 12.4. The largest absolute Gasteiger partial charge is 0.444 e. The molecule has 18 heavy (non-hydrogen) atoms. The number of hydrogen-bond donors (Lipinski definition) is 1. The number of allylic oxidation sites excluding steroid dienone is 1. The molecule has 0 radical (unpaired) electrons. The zero-order chi connectivity index (χ0) is 13.9. The normalized spacial score (nSPS) is 11.8. The van der Waals surface area contributed by atoms with Crippen LogP contribution in [0.25, 0.3) is 0 Å². The molecular formula is C15H29NO2. The van der Waals surface area contributed by atoms with E-state index in [1.54, 1.807) is 6.20 Å². The van der Waals surface area contributed by atoms with Gasteiger partial charge < -0.3 is 4.74 Å². The highest BCUT2D eigenvalue weighted by Crippen LogP contribution is 2.07. The molecule has 0 fully saturated rings. The molecule has 0 aromatic carbocycles. The predicted octanol–water partition coefficient (Wildman–Crippen LogP) is 4.78. The van der Waals surface area contributed by atoms with Crippen LogP contribution in [0.15, 0.2) is 12.3 Å². The lowest BCUT2D eigenvalue weighted by Crippen LogP contribution is -2.29. The maximum absolute atomic E-state index is 11.3. The number of carbonyl (C=O) groups excluding carboxylic acids is 1. The summed E-state index contributed by atoms with van der Waals surface area (Å²) in [4.78, 5) is 11.3. The standard InChI is InChI=1S/C15H29NO2/c1-5-6-7-8-9-10-11-12-13-16-14(17)18-15(2,3)4/h12-13H,5-11H2,1-4H3,(H,16,17). The third kappa shape index (κ3) is 13.1. The van der Waals surface area contributed by atoms with Crippen LogP contribution in [0.5, 0.6) is 0 Å². The van der Waals surface area contributed by atoms with Gasteiger partial charge in [-0.1, -0.05) is 45.1 Å². The Labute approximate surface area is 112 Å². The SMILES string of the molecule is CCCCCCCCC=CNC(=O)OC(C)(C)C. The van der Waals surface area contributed by atoms with Crippen molar-refractivity contribution < 1.29 is 9.53 Å². The fraction of sp³-hybridized carbons (Fsp3) is 0.800. The molecule has 0 aromatic rings. The smallest absolute Gasteiger partial charge is 0.411 e. The Kier molecular flexibility index (Phi) is 9.43. The van der Waals surface area contributed by atoms with Crippen molar-refractivity contribution in [1.29, 1.82) is 0 Å². The van der Waals surface area contributed by atoms with Crippen molar-refractivity contribution in [2.24, 2.45) is 0 Å². The quantitative estimate of drug-likeness (QED) is 0.634. The minimum Gasteiger partial charge on any atom is -0.444 e. The molecular weight excluding hydrogens is 226 g/mol. The summed E-state index contributed by atoms with van der Waals surface area (Å²) in [5.74, 6) is 0. The molecule has 106 valence electrons. The van der Waals surface area contributed by atoms with Crippen LogP contribution < -0.4 is 5.32 Å². The molecule has 0 atom stereocenters. The highest BCUT2D eigenvalue weighted by Gasteiger charge is 2.14. The Balaban J connectivity index is 3.40. The third-order valence-electron chi connectivity index (χ3n) is 2.44. The van der Waals surface area contributed by atoms with Crippen molar-refractivity contribution in [3.8, 4) is 0 Å². The Hall–Kier alpha value is -0.990. The summed E-state index contributed by atoms with van der Waals surface area (Å²) in [6.45, 7) is 7.79. The third-order valence-corrected chi connectivity index (χ3v) is 2.44. The highest BCUT2D eigenvalue weighted by molar-refractivity contribution is 5.68. The zero-order valence-electron chi connectivity index (χ0n) is 12.4. The highest BCUT2D eigenvalue weighted by atomic mass is 16.6. The maximum Gasteiger partial charge on any atom is 0.411 e. The Morgan fingerprint density at radius 3 is 2.33 bits per heavy atom. The maximum atomic E-state index is 11.3. The van der Waals surface area contributed by atoms with Gasteiger partial charge in [0.05, 0.1) is 0 Å². The van der Waals surface area contributed by atoms with Gasteiger partial charge in [-0.2, -0.15) is 0 Å².